The Kier molecular flexibility index (Phi) is 4.87. The number of aromatic nitrogens is 2. The molecule has 1 heterocycles. The van der Waals surface area contributed by atoms with Gasteiger partial charge in [-0.1, -0.05) is 6.07 Å². The van der Waals surface area contributed by atoms with E-state index in [1.54, 1.807) is 7.05 Å². The number of hydrogen-bond donors (Lipinski definition) is 1. The van der Waals surface area contributed by atoms with Gasteiger partial charge in [0.1, 0.15) is 0 Å². The van der Waals surface area contributed by atoms with Crippen molar-refractivity contribution in [2.24, 2.45) is 0 Å². The van der Waals surface area contributed by atoms with E-state index in [-0.39, 0.29) is 17.0 Å². The largest absolute Gasteiger partial charge is 0.416 e. The summed E-state index contributed by atoms with van der Waals surface area (Å²) in [4.78, 5) is 24.1. The Morgan fingerprint density at radius 3 is 2.62 bits per heavy atom. The first-order valence-electron chi connectivity index (χ1n) is 6.90. The van der Waals surface area contributed by atoms with Gasteiger partial charge in [-0.2, -0.15) is 18.3 Å². The zero-order chi connectivity index (χ0) is 17.9. The molecule has 8 heteroatoms. The molecule has 1 N–H and O–H groups in total. The van der Waals surface area contributed by atoms with Gasteiger partial charge in [-0.15, -0.1) is 0 Å². The summed E-state index contributed by atoms with van der Waals surface area (Å²) in [6, 6.07) is 5.54. The van der Waals surface area contributed by atoms with Gasteiger partial charge in [0.15, 0.2) is 5.69 Å². The average molecular weight is 337 g/mol. The molecule has 2 rings (SSSR count). The molecule has 0 aliphatic carbocycles. The van der Waals surface area contributed by atoms with Crippen LogP contribution in [0.15, 0.2) is 53.1 Å². The number of nitrogens with zero attached hydrogens (tertiary/aromatic N) is 2. The van der Waals surface area contributed by atoms with Gasteiger partial charge < -0.3 is 5.32 Å². The second-order valence-corrected chi connectivity index (χ2v) is 4.97. The van der Waals surface area contributed by atoms with Crippen molar-refractivity contribution in [3.8, 4) is 5.69 Å². The first-order chi connectivity index (χ1) is 11.2. The second kappa shape index (κ2) is 6.69. The number of halogens is 3. The molecule has 0 saturated carbocycles. The fourth-order valence-electron chi connectivity index (χ4n) is 2.00. The van der Waals surface area contributed by atoms with Crippen LogP contribution in [0.2, 0.25) is 0 Å². The molecule has 1 aromatic carbocycles. The molecule has 0 saturated heterocycles. The maximum Gasteiger partial charge on any atom is 0.416 e. The highest BCUT2D eigenvalue weighted by molar-refractivity contribution is 6.06. The third-order valence-electron chi connectivity index (χ3n) is 3.18. The summed E-state index contributed by atoms with van der Waals surface area (Å²) in [5, 5.41) is 6.55. The van der Waals surface area contributed by atoms with E-state index in [9.17, 15) is 22.8 Å². The van der Waals surface area contributed by atoms with Gasteiger partial charge in [-0.25, -0.2) is 4.68 Å². The Morgan fingerprint density at radius 2 is 2.00 bits per heavy atom. The number of ketones is 1. The number of Topliss-reactive ketones (excluding diaryl/α,β-unsaturated/α-hetero) is 1. The molecule has 126 valence electrons. The van der Waals surface area contributed by atoms with E-state index in [4.69, 9.17) is 0 Å². The minimum absolute atomic E-state index is 0.0918. The van der Waals surface area contributed by atoms with Crippen LogP contribution in [-0.2, 0) is 6.18 Å². The van der Waals surface area contributed by atoms with Crippen LogP contribution < -0.4 is 10.7 Å². The first-order valence-corrected chi connectivity index (χ1v) is 6.90. The van der Waals surface area contributed by atoms with Gasteiger partial charge in [0.2, 0.25) is 11.2 Å². The summed E-state index contributed by atoms with van der Waals surface area (Å²) in [5.41, 5.74) is -1.47. The minimum atomic E-state index is -4.50. The SMILES string of the molecule is CN/C=C(\C)C(=O)c1nn(-c2cccc(C(F)(F)F)c2)ccc1=O. The fraction of sp³-hybridized carbons (Fsp3) is 0.188. The van der Waals surface area contributed by atoms with Crippen molar-refractivity contribution in [1.29, 1.82) is 0 Å². The third kappa shape index (κ3) is 3.70. The molecule has 0 aliphatic heterocycles. The summed E-state index contributed by atoms with van der Waals surface area (Å²) in [6.07, 6.45) is -1.88. The van der Waals surface area contributed by atoms with Gasteiger partial charge >= 0.3 is 6.18 Å². The van der Waals surface area contributed by atoms with E-state index >= 15 is 0 Å². The molecule has 0 atom stereocenters. The predicted molar refractivity (Wildman–Crippen MR) is 82.0 cm³/mol. The molecular formula is C16H14F3N3O2. The Balaban J connectivity index is 2.51. The number of carbonyl (C=O) groups is 1. The quantitative estimate of drug-likeness (QED) is 0.688. The Morgan fingerprint density at radius 1 is 1.29 bits per heavy atom. The Labute approximate surface area is 135 Å². The van der Waals surface area contributed by atoms with Gasteiger partial charge in [-0.3, -0.25) is 9.59 Å². The molecule has 0 spiro atoms. The number of alkyl halides is 3. The van der Waals surface area contributed by atoms with Crippen molar-refractivity contribution < 1.29 is 18.0 Å². The van der Waals surface area contributed by atoms with Crippen LogP contribution in [0.25, 0.3) is 5.69 Å². The minimum Gasteiger partial charge on any atom is -0.394 e. The third-order valence-corrected chi connectivity index (χ3v) is 3.18. The molecule has 1 aromatic heterocycles. The fourth-order valence-corrected chi connectivity index (χ4v) is 2.00. The van der Waals surface area contributed by atoms with E-state index in [1.807, 2.05) is 0 Å². The number of allylic oxidation sites excluding steroid dienone is 1. The van der Waals surface area contributed by atoms with Crippen LogP contribution in [0.5, 0.6) is 0 Å². The van der Waals surface area contributed by atoms with Crippen LogP contribution in [0.3, 0.4) is 0 Å². The molecule has 24 heavy (non-hydrogen) atoms. The summed E-state index contributed by atoms with van der Waals surface area (Å²) in [5.74, 6) is -0.601. The molecule has 2 aromatic rings. The average Bonchev–Trinajstić information content (AvgIpc) is 2.54. The number of hydrogen-bond acceptors (Lipinski definition) is 4. The predicted octanol–water partition coefficient (Wildman–Crippen LogP) is 2.56. The smallest absolute Gasteiger partial charge is 0.394 e. The van der Waals surface area contributed by atoms with E-state index in [0.29, 0.717) is 0 Å². The topological polar surface area (TPSA) is 64.0 Å². The zero-order valence-electron chi connectivity index (χ0n) is 12.9. The second-order valence-electron chi connectivity index (χ2n) is 4.97. The normalized spacial score (nSPS) is 12.1. The molecule has 0 aliphatic rings. The highest BCUT2D eigenvalue weighted by Crippen LogP contribution is 2.30. The van der Waals surface area contributed by atoms with Crippen LogP contribution in [0, 0.1) is 0 Å². The first kappa shape index (κ1) is 17.5. The molecule has 0 fully saturated rings. The lowest BCUT2D eigenvalue weighted by Crippen LogP contribution is -2.22. The summed E-state index contributed by atoms with van der Waals surface area (Å²) in [7, 11) is 1.59. The summed E-state index contributed by atoms with van der Waals surface area (Å²) < 4.78 is 39.5. The number of rotatable bonds is 4. The van der Waals surface area contributed by atoms with E-state index in [0.717, 1.165) is 22.9 Å². The van der Waals surface area contributed by atoms with E-state index in [2.05, 4.69) is 10.4 Å². The maximum absolute atomic E-state index is 12.8. The Hall–Kier alpha value is -2.90. The number of carbonyl (C=O) groups excluding carboxylic acids is 1. The van der Waals surface area contributed by atoms with Crippen molar-refractivity contribution in [3.05, 3.63) is 69.8 Å². The van der Waals surface area contributed by atoms with Gasteiger partial charge in [0.05, 0.1) is 11.3 Å². The molecule has 0 unspecified atom stereocenters. The lowest BCUT2D eigenvalue weighted by molar-refractivity contribution is -0.137. The van der Waals surface area contributed by atoms with Gasteiger partial charge in [-0.05, 0) is 25.1 Å². The monoisotopic (exact) mass is 337 g/mol. The lowest BCUT2D eigenvalue weighted by atomic mass is 10.1. The molecule has 0 amide bonds. The standard InChI is InChI=1S/C16H14F3N3O2/c1-10(9-20-2)15(24)14-13(23)6-7-22(21-14)12-5-3-4-11(8-12)16(17,18)19/h3-9,20H,1-2H3/b10-9+. The number of benzene rings is 1. The van der Waals surface area contributed by atoms with E-state index < -0.39 is 23.0 Å². The van der Waals surface area contributed by atoms with Crippen molar-refractivity contribution in [1.82, 2.24) is 15.1 Å². The van der Waals surface area contributed by atoms with Gasteiger partial charge in [0.25, 0.3) is 0 Å². The van der Waals surface area contributed by atoms with Crippen molar-refractivity contribution in [3.63, 3.8) is 0 Å². The molecule has 0 radical (unpaired) electrons. The molecule has 0 bridgehead atoms. The van der Waals surface area contributed by atoms with Crippen LogP contribution in [0.1, 0.15) is 23.0 Å². The summed E-state index contributed by atoms with van der Waals surface area (Å²) in [6.45, 7) is 1.50. The maximum atomic E-state index is 12.8. The highest BCUT2D eigenvalue weighted by Gasteiger charge is 2.30. The summed E-state index contributed by atoms with van der Waals surface area (Å²) >= 11 is 0. The highest BCUT2D eigenvalue weighted by atomic mass is 19.4. The van der Waals surface area contributed by atoms with E-state index in [1.165, 1.54) is 31.5 Å². The zero-order valence-corrected chi connectivity index (χ0v) is 12.9. The lowest BCUT2D eigenvalue weighted by Gasteiger charge is -2.11. The molecule has 5 nitrogen and oxygen atoms in total. The number of nitrogens with one attached hydrogen (secondary N) is 1. The van der Waals surface area contributed by atoms with Crippen LogP contribution >= 0.6 is 0 Å². The van der Waals surface area contributed by atoms with Crippen molar-refractivity contribution in [2.45, 2.75) is 13.1 Å². The van der Waals surface area contributed by atoms with Crippen LogP contribution in [0.4, 0.5) is 13.2 Å². The van der Waals surface area contributed by atoms with Crippen molar-refractivity contribution in [2.75, 3.05) is 7.05 Å². The van der Waals surface area contributed by atoms with Crippen molar-refractivity contribution >= 4 is 5.78 Å². The van der Waals surface area contributed by atoms with Gasteiger partial charge in [0, 0.05) is 31.1 Å². The van der Waals surface area contributed by atoms with Crippen LogP contribution in [-0.4, -0.2) is 22.6 Å². The Bertz CT molecular complexity index is 854. The molecular weight excluding hydrogens is 323 g/mol.